The summed E-state index contributed by atoms with van der Waals surface area (Å²) in [7, 11) is 1.62. The number of thiazole rings is 1. The van der Waals surface area contributed by atoms with Gasteiger partial charge in [-0.1, -0.05) is 29.5 Å². The number of nitrogens with one attached hydrogen (secondary N) is 1. The average molecular weight is 457 g/mol. The van der Waals surface area contributed by atoms with E-state index < -0.39 is 0 Å². The summed E-state index contributed by atoms with van der Waals surface area (Å²) in [5.74, 6) is 2.44. The molecule has 8 heteroatoms. The third-order valence-corrected chi connectivity index (χ3v) is 5.95. The first-order valence-corrected chi connectivity index (χ1v) is 11.1. The Morgan fingerprint density at radius 2 is 1.67 bits per heavy atom. The fraction of sp³-hybridized carbons (Fsp3) is 0.0800. The molecule has 2 aromatic heterocycles. The fourth-order valence-corrected chi connectivity index (χ4v) is 4.25. The Hall–Kier alpha value is -4.17. The van der Waals surface area contributed by atoms with Crippen LogP contribution in [0.5, 0.6) is 17.2 Å². The zero-order valence-electron chi connectivity index (χ0n) is 18.0. The summed E-state index contributed by atoms with van der Waals surface area (Å²) in [6.07, 6.45) is 0. The first-order valence-electron chi connectivity index (χ1n) is 10.2. The Morgan fingerprint density at radius 3 is 2.42 bits per heavy atom. The predicted molar refractivity (Wildman–Crippen MR) is 129 cm³/mol. The van der Waals surface area contributed by atoms with E-state index >= 15 is 0 Å². The fourth-order valence-electron chi connectivity index (χ4n) is 3.33. The van der Waals surface area contributed by atoms with Gasteiger partial charge in [-0.3, -0.25) is 4.79 Å². The molecule has 33 heavy (non-hydrogen) atoms. The summed E-state index contributed by atoms with van der Waals surface area (Å²) in [5.41, 5.74) is 2.09. The number of amides is 1. The molecular formula is C25H20N4O3S. The van der Waals surface area contributed by atoms with Crippen LogP contribution in [0.2, 0.25) is 0 Å². The number of benzene rings is 3. The van der Waals surface area contributed by atoms with Gasteiger partial charge >= 0.3 is 0 Å². The summed E-state index contributed by atoms with van der Waals surface area (Å²) >= 11 is 1.49. The molecule has 0 unspecified atom stereocenters. The average Bonchev–Trinajstić information content (AvgIpc) is 3.42. The lowest BCUT2D eigenvalue weighted by molar-refractivity contribution is 0.102. The van der Waals surface area contributed by atoms with Crippen molar-refractivity contribution >= 4 is 33.3 Å². The lowest BCUT2D eigenvalue weighted by Crippen LogP contribution is -2.15. The van der Waals surface area contributed by atoms with Crippen molar-refractivity contribution in [1.82, 2.24) is 14.8 Å². The number of nitrogens with zero attached hydrogens (tertiary/aromatic N) is 3. The van der Waals surface area contributed by atoms with E-state index in [0.29, 0.717) is 22.3 Å². The summed E-state index contributed by atoms with van der Waals surface area (Å²) in [5, 5.41) is 8.13. The molecule has 3 aromatic carbocycles. The lowest BCUT2D eigenvalue weighted by Gasteiger charge is -2.08. The molecule has 0 saturated carbocycles. The highest BCUT2D eigenvalue weighted by atomic mass is 32.1. The second-order valence-electron chi connectivity index (χ2n) is 7.31. The van der Waals surface area contributed by atoms with E-state index in [2.05, 4.69) is 15.4 Å². The van der Waals surface area contributed by atoms with E-state index in [1.807, 2.05) is 61.5 Å². The number of fused-ring (bicyclic) bond motifs is 1. The Morgan fingerprint density at radius 1 is 0.939 bits per heavy atom. The van der Waals surface area contributed by atoms with E-state index in [0.717, 1.165) is 27.4 Å². The second kappa shape index (κ2) is 8.76. The van der Waals surface area contributed by atoms with Crippen LogP contribution in [-0.2, 0) is 0 Å². The molecule has 1 amide bonds. The normalized spacial score (nSPS) is 10.8. The van der Waals surface area contributed by atoms with Crippen molar-refractivity contribution in [3.63, 3.8) is 0 Å². The molecule has 5 rings (SSSR count). The molecule has 7 nitrogen and oxygen atoms in total. The van der Waals surface area contributed by atoms with E-state index in [1.54, 1.807) is 36.1 Å². The van der Waals surface area contributed by atoms with Crippen molar-refractivity contribution in [2.24, 2.45) is 0 Å². The molecule has 0 fully saturated rings. The minimum absolute atomic E-state index is 0.245. The van der Waals surface area contributed by atoms with E-state index in [1.165, 1.54) is 11.3 Å². The molecule has 0 spiro atoms. The molecule has 0 atom stereocenters. The molecule has 0 aliphatic rings. The highest BCUT2D eigenvalue weighted by Crippen LogP contribution is 2.30. The molecule has 0 aliphatic heterocycles. The number of ether oxygens (including phenoxy) is 2. The molecule has 0 saturated heterocycles. The SMILES string of the molecule is COc1ccc2sc(-n3nc(C)cc3NC(=O)c3ccc(Oc4ccccc4)cc3)nc2c1. The van der Waals surface area contributed by atoms with E-state index in [9.17, 15) is 4.79 Å². The van der Waals surface area contributed by atoms with Crippen molar-refractivity contribution in [3.8, 4) is 22.4 Å². The number of hydrogen-bond acceptors (Lipinski definition) is 6. The van der Waals surface area contributed by atoms with Crippen LogP contribution in [-0.4, -0.2) is 27.8 Å². The Balaban J connectivity index is 1.36. The van der Waals surface area contributed by atoms with Crippen LogP contribution in [0.4, 0.5) is 5.82 Å². The van der Waals surface area contributed by atoms with Crippen LogP contribution < -0.4 is 14.8 Å². The van der Waals surface area contributed by atoms with Crippen LogP contribution in [0.25, 0.3) is 15.3 Å². The quantitative estimate of drug-likeness (QED) is 0.347. The number of aromatic nitrogens is 3. The molecule has 1 N–H and O–H groups in total. The van der Waals surface area contributed by atoms with Gasteiger partial charge in [0.05, 0.1) is 23.0 Å². The van der Waals surface area contributed by atoms with Crippen LogP contribution in [0.15, 0.2) is 78.9 Å². The molecule has 0 radical (unpaired) electrons. The van der Waals surface area contributed by atoms with Gasteiger partial charge < -0.3 is 14.8 Å². The van der Waals surface area contributed by atoms with Crippen molar-refractivity contribution in [1.29, 1.82) is 0 Å². The third kappa shape index (κ3) is 4.42. The van der Waals surface area contributed by atoms with Gasteiger partial charge in [0.25, 0.3) is 5.91 Å². The van der Waals surface area contributed by atoms with Gasteiger partial charge in [-0.25, -0.2) is 4.98 Å². The first-order chi connectivity index (χ1) is 16.1. The number of methoxy groups -OCH3 is 1. The van der Waals surface area contributed by atoms with Crippen LogP contribution >= 0.6 is 11.3 Å². The van der Waals surface area contributed by atoms with Crippen LogP contribution in [0.1, 0.15) is 16.1 Å². The summed E-state index contributed by atoms with van der Waals surface area (Å²) in [4.78, 5) is 17.6. The molecular weight excluding hydrogens is 436 g/mol. The maximum absolute atomic E-state index is 12.9. The van der Waals surface area contributed by atoms with Crippen LogP contribution in [0.3, 0.4) is 0 Å². The van der Waals surface area contributed by atoms with Crippen molar-refractivity contribution in [3.05, 3.63) is 90.1 Å². The van der Waals surface area contributed by atoms with E-state index in [-0.39, 0.29) is 5.91 Å². The Labute approximate surface area is 194 Å². The number of anilines is 1. The largest absolute Gasteiger partial charge is 0.497 e. The third-order valence-electron chi connectivity index (χ3n) is 4.93. The number of para-hydroxylation sites is 1. The van der Waals surface area contributed by atoms with Gasteiger partial charge in [-0.05, 0) is 55.5 Å². The zero-order chi connectivity index (χ0) is 22.8. The topological polar surface area (TPSA) is 78.3 Å². The van der Waals surface area contributed by atoms with E-state index in [4.69, 9.17) is 9.47 Å². The van der Waals surface area contributed by atoms with Gasteiger partial charge in [0.2, 0.25) is 5.13 Å². The van der Waals surface area contributed by atoms with Gasteiger partial charge in [0.15, 0.2) is 0 Å². The van der Waals surface area contributed by atoms with Crippen molar-refractivity contribution in [2.75, 3.05) is 12.4 Å². The first kappa shape index (κ1) is 20.7. The van der Waals surface area contributed by atoms with Gasteiger partial charge in [0.1, 0.15) is 23.1 Å². The minimum atomic E-state index is -0.245. The van der Waals surface area contributed by atoms with Crippen molar-refractivity contribution in [2.45, 2.75) is 6.92 Å². The number of hydrogen-bond donors (Lipinski definition) is 1. The summed E-state index contributed by atoms with van der Waals surface area (Å²) in [6, 6.07) is 24.0. The highest BCUT2D eigenvalue weighted by Gasteiger charge is 2.16. The molecule has 0 aliphatic carbocycles. The Kier molecular flexibility index (Phi) is 5.50. The lowest BCUT2D eigenvalue weighted by atomic mass is 10.2. The molecule has 5 aromatic rings. The second-order valence-corrected chi connectivity index (χ2v) is 8.32. The van der Waals surface area contributed by atoms with Gasteiger partial charge in [-0.2, -0.15) is 9.78 Å². The van der Waals surface area contributed by atoms with Gasteiger partial charge in [0, 0.05) is 17.7 Å². The number of carbonyl (C=O) groups excluding carboxylic acids is 1. The molecule has 164 valence electrons. The predicted octanol–water partition coefficient (Wildman–Crippen LogP) is 5.84. The van der Waals surface area contributed by atoms with Gasteiger partial charge in [-0.15, -0.1) is 0 Å². The number of rotatable bonds is 6. The zero-order valence-corrected chi connectivity index (χ0v) is 18.8. The van der Waals surface area contributed by atoms with Crippen LogP contribution in [0, 0.1) is 6.92 Å². The summed E-state index contributed by atoms with van der Waals surface area (Å²) < 4.78 is 13.7. The monoisotopic (exact) mass is 456 g/mol. The van der Waals surface area contributed by atoms with Crippen molar-refractivity contribution < 1.29 is 14.3 Å². The summed E-state index contributed by atoms with van der Waals surface area (Å²) in [6.45, 7) is 1.87. The smallest absolute Gasteiger partial charge is 0.256 e. The highest BCUT2D eigenvalue weighted by molar-refractivity contribution is 7.20. The number of carbonyl (C=O) groups is 1. The minimum Gasteiger partial charge on any atom is -0.497 e. The maximum atomic E-state index is 12.9. The molecule has 2 heterocycles. The maximum Gasteiger partial charge on any atom is 0.256 e. The standard InChI is InChI=1S/C25H20N4O3S/c1-16-14-23(29(28-16)25-26-21-15-20(31-2)12-13-22(21)33-25)27-24(30)17-8-10-19(11-9-17)32-18-6-4-3-5-7-18/h3-15H,1-2H3,(H,27,30). The number of aryl methyl sites for hydroxylation is 1. The Bertz CT molecular complexity index is 1430. The molecule has 0 bridgehead atoms.